The highest BCUT2D eigenvalue weighted by atomic mass is 35.5. The summed E-state index contributed by atoms with van der Waals surface area (Å²) in [5.41, 5.74) is 3.07. The fourth-order valence-electron chi connectivity index (χ4n) is 2.25. The Balaban J connectivity index is 2.16. The van der Waals surface area contributed by atoms with Gasteiger partial charge in [0.2, 0.25) is 10.0 Å². The maximum atomic E-state index is 13.7. The molecule has 0 saturated carbocycles. The van der Waals surface area contributed by atoms with Crippen LogP contribution < -0.4 is 9.73 Å². The third-order valence-electron chi connectivity index (χ3n) is 3.50. The Morgan fingerprint density at radius 3 is 2.59 bits per heavy atom. The number of hydrogen-bond acceptors (Lipinski definition) is 4. The monoisotopic (exact) mass is 431 g/mol. The van der Waals surface area contributed by atoms with E-state index >= 15 is 0 Å². The van der Waals surface area contributed by atoms with Gasteiger partial charge in [-0.2, -0.15) is 5.10 Å². The molecule has 0 heterocycles. The lowest BCUT2D eigenvalue weighted by atomic mass is 10.2. The first-order valence-electron chi connectivity index (χ1n) is 7.59. The first kappa shape index (κ1) is 21.1. The number of amides is 1. The summed E-state index contributed by atoms with van der Waals surface area (Å²) in [5, 5.41) is 4.21. The van der Waals surface area contributed by atoms with Gasteiger partial charge in [-0.25, -0.2) is 18.2 Å². The molecule has 6 nitrogen and oxygen atoms in total. The minimum absolute atomic E-state index is 0.00739. The summed E-state index contributed by atoms with van der Waals surface area (Å²) in [4.78, 5) is 12.1. The van der Waals surface area contributed by atoms with Crippen molar-refractivity contribution in [3.05, 3.63) is 63.4 Å². The molecular weight excluding hydrogens is 416 g/mol. The van der Waals surface area contributed by atoms with Crippen LogP contribution in [0.25, 0.3) is 0 Å². The number of hydrogen-bond donors (Lipinski definition) is 1. The van der Waals surface area contributed by atoms with E-state index in [1.807, 2.05) is 0 Å². The van der Waals surface area contributed by atoms with Gasteiger partial charge in [0, 0.05) is 10.6 Å². The second-order valence-corrected chi connectivity index (χ2v) is 8.38. The molecule has 0 bridgehead atoms. The Bertz CT molecular complexity index is 977. The van der Waals surface area contributed by atoms with E-state index in [4.69, 9.17) is 23.2 Å². The van der Waals surface area contributed by atoms with Crippen LogP contribution in [-0.2, 0) is 14.8 Å². The van der Waals surface area contributed by atoms with Gasteiger partial charge in [-0.1, -0.05) is 29.3 Å². The van der Waals surface area contributed by atoms with Gasteiger partial charge >= 0.3 is 0 Å². The van der Waals surface area contributed by atoms with Crippen LogP contribution in [0, 0.1) is 12.7 Å². The SMILES string of the molecule is Cc1cc(Cl)ccc1N(CC(=O)N/N=C\c1c(F)cccc1Cl)S(C)(=O)=O. The molecule has 0 aromatic heterocycles. The Morgan fingerprint density at radius 1 is 1.30 bits per heavy atom. The average Bonchev–Trinajstić information content (AvgIpc) is 2.55. The standard InChI is InChI=1S/C17H16Cl2FN3O3S/c1-11-8-12(18)6-7-16(11)23(27(2,25)26)10-17(24)22-21-9-13-14(19)4-3-5-15(13)20/h3-9H,10H2,1-2H3,(H,22,24)/b21-9-. The minimum Gasteiger partial charge on any atom is -0.271 e. The van der Waals surface area contributed by atoms with Crippen molar-refractivity contribution in [2.75, 3.05) is 17.1 Å². The molecule has 0 radical (unpaired) electrons. The minimum atomic E-state index is -3.74. The van der Waals surface area contributed by atoms with Crippen molar-refractivity contribution in [3.63, 3.8) is 0 Å². The van der Waals surface area contributed by atoms with Gasteiger partial charge in [0.25, 0.3) is 5.91 Å². The number of anilines is 1. The van der Waals surface area contributed by atoms with Crippen LogP contribution in [0.4, 0.5) is 10.1 Å². The quantitative estimate of drug-likeness (QED) is 0.562. The summed E-state index contributed by atoms with van der Waals surface area (Å²) in [6.07, 6.45) is 2.03. The lowest BCUT2D eigenvalue weighted by Gasteiger charge is -2.23. The molecule has 0 spiro atoms. The highest BCUT2D eigenvalue weighted by Gasteiger charge is 2.22. The maximum absolute atomic E-state index is 13.7. The van der Waals surface area contributed by atoms with Gasteiger partial charge in [0.1, 0.15) is 12.4 Å². The van der Waals surface area contributed by atoms with Crippen LogP contribution in [-0.4, -0.2) is 33.3 Å². The molecule has 0 saturated heterocycles. The number of benzene rings is 2. The lowest BCUT2D eigenvalue weighted by Crippen LogP contribution is -2.39. The lowest BCUT2D eigenvalue weighted by molar-refractivity contribution is -0.119. The van der Waals surface area contributed by atoms with Gasteiger partial charge < -0.3 is 0 Å². The Morgan fingerprint density at radius 2 is 2.00 bits per heavy atom. The Kier molecular flexibility index (Phi) is 6.80. The summed E-state index contributed by atoms with van der Waals surface area (Å²) < 4.78 is 38.8. The highest BCUT2D eigenvalue weighted by molar-refractivity contribution is 7.92. The van der Waals surface area contributed by atoms with E-state index < -0.39 is 28.3 Å². The van der Waals surface area contributed by atoms with Gasteiger partial charge in [-0.15, -0.1) is 0 Å². The number of carbonyl (C=O) groups is 1. The summed E-state index contributed by atoms with van der Waals surface area (Å²) in [7, 11) is -3.74. The number of nitrogens with zero attached hydrogens (tertiary/aromatic N) is 2. The molecule has 2 rings (SSSR count). The third kappa shape index (κ3) is 5.66. The van der Waals surface area contributed by atoms with Gasteiger partial charge in [-0.05, 0) is 42.8 Å². The van der Waals surface area contributed by atoms with Gasteiger partial charge in [0.15, 0.2) is 0 Å². The van der Waals surface area contributed by atoms with Crippen LogP contribution in [0.1, 0.15) is 11.1 Å². The van der Waals surface area contributed by atoms with Crippen LogP contribution in [0.2, 0.25) is 10.0 Å². The van der Waals surface area contributed by atoms with Crippen molar-refractivity contribution >= 4 is 51.0 Å². The summed E-state index contributed by atoms with van der Waals surface area (Å²) >= 11 is 11.7. The maximum Gasteiger partial charge on any atom is 0.260 e. The van der Waals surface area contributed by atoms with E-state index in [0.717, 1.165) is 16.8 Å². The van der Waals surface area contributed by atoms with E-state index in [9.17, 15) is 17.6 Å². The molecule has 2 aromatic carbocycles. The largest absolute Gasteiger partial charge is 0.271 e. The van der Waals surface area contributed by atoms with Crippen molar-refractivity contribution in [2.45, 2.75) is 6.92 Å². The molecule has 0 unspecified atom stereocenters. The highest BCUT2D eigenvalue weighted by Crippen LogP contribution is 2.25. The zero-order chi connectivity index (χ0) is 20.2. The van der Waals surface area contributed by atoms with Crippen LogP contribution >= 0.6 is 23.2 Å². The van der Waals surface area contributed by atoms with Crippen molar-refractivity contribution in [3.8, 4) is 0 Å². The normalized spacial score (nSPS) is 11.6. The predicted octanol–water partition coefficient (Wildman–Crippen LogP) is 3.36. The van der Waals surface area contributed by atoms with Crippen molar-refractivity contribution in [1.29, 1.82) is 0 Å². The van der Waals surface area contributed by atoms with E-state index in [2.05, 4.69) is 10.5 Å². The van der Waals surface area contributed by atoms with E-state index in [0.29, 0.717) is 16.3 Å². The number of rotatable bonds is 6. The van der Waals surface area contributed by atoms with Crippen molar-refractivity contribution in [2.24, 2.45) is 5.10 Å². The number of carbonyl (C=O) groups excluding carboxylic acids is 1. The molecule has 27 heavy (non-hydrogen) atoms. The van der Waals surface area contributed by atoms with E-state index in [1.165, 1.54) is 30.3 Å². The molecule has 1 amide bonds. The molecule has 0 fully saturated rings. The first-order chi connectivity index (χ1) is 12.6. The second-order valence-electron chi connectivity index (χ2n) is 5.63. The molecule has 0 aliphatic rings. The number of sulfonamides is 1. The fourth-order valence-corrected chi connectivity index (χ4v) is 3.60. The molecule has 0 aliphatic carbocycles. The summed E-state index contributed by atoms with van der Waals surface area (Å²) in [6, 6.07) is 8.73. The van der Waals surface area contributed by atoms with Crippen LogP contribution in [0.5, 0.6) is 0 Å². The van der Waals surface area contributed by atoms with Gasteiger partial charge in [-0.3, -0.25) is 9.10 Å². The molecule has 2 aromatic rings. The molecule has 1 N–H and O–H groups in total. The number of aryl methyl sites for hydroxylation is 1. The van der Waals surface area contributed by atoms with Crippen molar-refractivity contribution < 1.29 is 17.6 Å². The molecule has 0 atom stereocenters. The molecule has 0 aliphatic heterocycles. The summed E-state index contributed by atoms with van der Waals surface area (Å²) in [5.74, 6) is -1.31. The number of halogens is 3. The second kappa shape index (κ2) is 8.69. The Hall–Kier alpha value is -2.16. The predicted molar refractivity (Wildman–Crippen MR) is 106 cm³/mol. The number of hydrazone groups is 1. The molecular formula is C17H16Cl2FN3O3S. The Labute approximate surface area is 166 Å². The fraction of sp³-hybridized carbons (Fsp3) is 0.176. The number of nitrogens with one attached hydrogen (secondary N) is 1. The van der Waals surface area contributed by atoms with E-state index in [1.54, 1.807) is 13.0 Å². The summed E-state index contributed by atoms with van der Waals surface area (Å²) in [6.45, 7) is 1.17. The van der Waals surface area contributed by atoms with E-state index in [-0.39, 0.29) is 10.6 Å². The third-order valence-corrected chi connectivity index (χ3v) is 5.19. The zero-order valence-electron chi connectivity index (χ0n) is 14.4. The first-order valence-corrected chi connectivity index (χ1v) is 10.2. The van der Waals surface area contributed by atoms with Crippen LogP contribution in [0.15, 0.2) is 41.5 Å². The smallest absolute Gasteiger partial charge is 0.260 e. The van der Waals surface area contributed by atoms with Gasteiger partial charge in [0.05, 0.1) is 23.2 Å². The van der Waals surface area contributed by atoms with Crippen LogP contribution in [0.3, 0.4) is 0 Å². The average molecular weight is 432 g/mol. The molecule has 10 heteroatoms. The topological polar surface area (TPSA) is 78.8 Å². The zero-order valence-corrected chi connectivity index (χ0v) is 16.7. The van der Waals surface area contributed by atoms with Crippen molar-refractivity contribution in [1.82, 2.24) is 5.43 Å². The molecule has 144 valence electrons.